The third-order valence-electron chi connectivity index (χ3n) is 1.88. The van der Waals surface area contributed by atoms with Crippen molar-refractivity contribution < 1.29 is 19.3 Å². The second-order valence-corrected chi connectivity index (χ2v) is 4.09. The summed E-state index contributed by atoms with van der Waals surface area (Å²) in [5, 5.41) is 5.06. The number of hydrogen-bond acceptors (Lipinski definition) is 6. The molecule has 0 aliphatic heterocycles. The second-order valence-electron chi connectivity index (χ2n) is 4.09. The minimum Gasteiger partial charge on any atom is -0.364 e. The second kappa shape index (κ2) is 6.72. The molecular weight excluding hydrogens is 250 g/mol. The number of hydrogen-bond donors (Lipinski definition) is 1. The van der Waals surface area contributed by atoms with Crippen molar-refractivity contribution >= 4 is 17.7 Å². The molecule has 0 radical (unpaired) electrons. The highest BCUT2D eigenvalue weighted by molar-refractivity contribution is 5.92. The number of nitrogens with zero attached hydrogens (tertiary/aromatic N) is 2. The molecule has 7 heteroatoms. The first-order valence-electron chi connectivity index (χ1n) is 5.54. The molecule has 1 aromatic rings. The van der Waals surface area contributed by atoms with Crippen LogP contribution in [0.5, 0.6) is 0 Å². The van der Waals surface area contributed by atoms with Gasteiger partial charge in [-0.15, -0.1) is 10.1 Å². The molecule has 0 aliphatic rings. The van der Waals surface area contributed by atoms with Gasteiger partial charge >= 0.3 is 12.1 Å². The molecule has 0 unspecified atom stereocenters. The highest BCUT2D eigenvalue weighted by Crippen LogP contribution is 2.12. The lowest BCUT2D eigenvalue weighted by molar-refractivity contribution is -0.0713. The van der Waals surface area contributed by atoms with Gasteiger partial charge in [-0.05, 0) is 18.2 Å². The Morgan fingerprint density at radius 2 is 1.68 bits per heavy atom. The first-order valence-corrected chi connectivity index (χ1v) is 5.54. The molecule has 1 amide bonds. The van der Waals surface area contributed by atoms with E-state index >= 15 is 0 Å². The van der Waals surface area contributed by atoms with E-state index in [1.165, 1.54) is 16.2 Å². The van der Waals surface area contributed by atoms with Crippen LogP contribution in [0.1, 0.15) is 10.4 Å². The smallest absolute Gasteiger partial charge is 0.364 e. The average molecular weight is 267 g/mol. The molecule has 0 fully saturated rings. The van der Waals surface area contributed by atoms with Crippen LogP contribution in [0.15, 0.2) is 24.3 Å². The third kappa shape index (κ3) is 5.36. The van der Waals surface area contributed by atoms with Gasteiger partial charge in [-0.3, -0.25) is 5.32 Å². The maximum atomic E-state index is 11.7. The zero-order valence-electron chi connectivity index (χ0n) is 11.3. The van der Waals surface area contributed by atoms with Gasteiger partial charge < -0.3 is 9.68 Å². The molecule has 7 nitrogen and oxygen atoms in total. The maximum absolute atomic E-state index is 11.7. The quantitative estimate of drug-likeness (QED) is 0.830. The SMILES string of the molecule is CN(C)OC(=O)Nc1cccc(C(=O)ON(C)C)c1. The van der Waals surface area contributed by atoms with E-state index in [1.807, 2.05) is 0 Å². The Bertz CT molecular complexity index is 460. The number of benzene rings is 1. The molecule has 0 heterocycles. The van der Waals surface area contributed by atoms with Gasteiger partial charge in [-0.1, -0.05) is 6.07 Å². The van der Waals surface area contributed by atoms with Gasteiger partial charge in [0.15, 0.2) is 0 Å². The normalized spacial score (nSPS) is 10.4. The first kappa shape index (κ1) is 14.9. The Morgan fingerprint density at radius 1 is 1.05 bits per heavy atom. The fourth-order valence-corrected chi connectivity index (χ4v) is 1.25. The monoisotopic (exact) mass is 267 g/mol. The Kier molecular flexibility index (Phi) is 5.28. The summed E-state index contributed by atoms with van der Waals surface area (Å²) in [6.07, 6.45) is -0.636. The van der Waals surface area contributed by atoms with Crippen LogP contribution in [0.25, 0.3) is 0 Å². The number of nitrogens with one attached hydrogen (secondary N) is 1. The van der Waals surface area contributed by atoms with Crippen LogP contribution in [0.2, 0.25) is 0 Å². The molecular formula is C12H17N3O4. The minimum absolute atomic E-state index is 0.330. The van der Waals surface area contributed by atoms with Crippen LogP contribution >= 0.6 is 0 Å². The van der Waals surface area contributed by atoms with Crippen LogP contribution in [0.4, 0.5) is 10.5 Å². The Hall–Kier alpha value is -2.12. The summed E-state index contributed by atoms with van der Waals surface area (Å²) < 4.78 is 0. The predicted octanol–water partition coefficient (Wildman–Crippen LogP) is 1.35. The molecule has 1 N–H and O–H groups in total. The minimum atomic E-state index is -0.636. The molecule has 0 aliphatic carbocycles. The van der Waals surface area contributed by atoms with E-state index in [1.54, 1.807) is 46.4 Å². The van der Waals surface area contributed by atoms with E-state index in [0.717, 1.165) is 0 Å². The van der Waals surface area contributed by atoms with E-state index in [-0.39, 0.29) is 0 Å². The molecule has 104 valence electrons. The summed E-state index contributed by atoms with van der Waals surface area (Å²) in [4.78, 5) is 32.7. The van der Waals surface area contributed by atoms with Crippen LogP contribution in [0.3, 0.4) is 0 Å². The van der Waals surface area contributed by atoms with Gasteiger partial charge in [0, 0.05) is 33.9 Å². The zero-order valence-corrected chi connectivity index (χ0v) is 11.3. The molecule has 0 saturated heterocycles. The fourth-order valence-electron chi connectivity index (χ4n) is 1.25. The number of amides is 1. The fraction of sp³-hybridized carbons (Fsp3) is 0.333. The number of hydroxylamine groups is 4. The maximum Gasteiger partial charge on any atom is 0.430 e. The van der Waals surface area contributed by atoms with Crippen LogP contribution in [-0.4, -0.2) is 50.4 Å². The predicted molar refractivity (Wildman–Crippen MR) is 69.3 cm³/mol. The highest BCUT2D eigenvalue weighted by Gasteiger charge is 2.11. The van der Waals surface area contributed by atoms with Crippen molar-refractivity contribution in [2.24, 2.45) is 0 Å². The van der Waals surface area contributed by atoms with Crippen LogP contribution in [-0.2, 0) is 9.68 Å². The highest BCUT2D eigenvalue weighted by atomic mass is 16.7. The molecule has 1 aromatic carbocycles. The molecule has 0 atom stereocenters. The van der Waals surface area contributed by atoms with Gasteiger partial charge in [0.25, 0.3) is 0 Å². The van der Waals surface area contributed by atoms with Gasteiger partial charge in [0.1, 0.15) is 0 Å². The first-order chi connectivity index (χ1) is 8.88. The number of anilines is 1. The Morgan fingerprint density at radius 3 is 2.26 bits per heavy atom. The largest absolute Gasteiger partial charge is 0.430 e. The molecule has 1 rings (SSSR count). The van der Waals surface area contributed by atoms with E-state index < -0.39 is 12.1 Å². The summed E-state index contributed by atoms with van der Waals surface area (Å²) >= 11 is 0. The van der Waals surface area contributed by atoms with E-state index in [4.69, 9.17) is 9.68 Å². The van der Waals surface area contributed by atoms with Crippen molar-refractivity contribution in [2.75, 3.05) is 33.5 Å². The zero-order chi connectivity index (χ0) is 14.4. The van der Waals surface area contributed by atoms with Crippen molar-refractivity contribution in [3.05, 3.63) is 29.8 Å². The van der Waals surface area contributed by atoms with Crippen molar-refractivity contribution in [1.82, 2.24) is 10.1 Å². The van der Waals surface area contributed by atoms with E-state index in [2.05, 4.69) is 5.32 Å². The molecule has 0 spiro atoms. The molecule has 0 saturated carbocycles. The number of rotatable bonds is 4. The summed E-state index contributed by atoms with van der Waals surface area (Å²) in [5.41, 5.74) is 0.774. The lowest BCUT2D eigenvalue weighted by Gasteiger charge is -2.12. The van der Waals surface area contributed by atoms with Crippen molar-refractivity contribution in [3.63, 3.8) is 0 Å². The van der Waals surface area contributed by atoms with Gasteiger partial charge in [0.2, 0.25) is 0 Å². The molecule has 0 aromatic heterocycles. The Balaban J connectivity index is 2.72. The average Bonchev–Trinajstić information content (AvgIpc) is 2.27. The lowest BCUT2D eigenvalue weighted by Crippen LogP contribution is -2.23. The number of carbonyl (C=O) groups is 2. The lowest BCUT2D eigenvalue weighted by atomic mass is 10.2. The third-order valence-corrected chi connectivity index (χ3v) is 1.88. The van der Waals surface area contributed by atoms with Gasteiger partial charge in [-0.2, -0.15) is 0 Å². The topological polar surface area (TPSA) is 71.1 Å². The summed E-state index contributed by atoms with van der Waals surface area (Å²) in [6.45, 7) is 0. The summed E-state index contributed by atoms with van der Waals surface area (Å²) in [7, 11) is 6.39. The number of carbonyl (C=O) groups excluding carboxylic acids is 2. The van der Waals surface area contributed by atoms with Crippen LogP contribution in [0, 0.1) is 0 Å². The summed E-state index contributed by atoms with van der Waals surface area (Å²) in [6, 6.07) is 6.37. The standard InChI is InChI=1S/C12H17N3O4/c1-14(2)18-11(16)9-6-5-7-10(8-9)13-12(17)19-15(3)4/h5-8H,1-4H3,(H,13,17). The molecule has 0 bridgehead atoms. The van der Waals surface area contributed by atoms with Gasteiger partial charge in [0.05, 0.1) is 5.56 Å². The van der Waals surface area contributed by atoms with Crippen molar-refractivity contribution in [3.8, 4) is 0 Å². The Labute approximate surface area is 111 Å². The van der Waals surface area contributed by atoms with E-state index in [0.29, 0.717) is 11.3 Å². The van der Waals surface area contributed by atoms with Crippen molar-refractivity contribution in [1.29, 1.82) is 0 Å². The van der Waals surface area contributed by atoms with Crippen molar-refractivity contribution in [2.45, 2.75) is 0 Å². The van der Waals surface area contributed by atoms with Gasteiger partial charge in [-0.25, -0.2) is 9.59 Å². The van der Waals surface area contributed by atoms with Crippen LogP contribution < -0.4 is 5.32 Å². The summed E-state index contributed by atoms with van der Waals surface area (Å²) in [5.74, 6) is -0.505. The molecule has 19 heavy (non-hydrogen) atoms. The van der Waals surface area contributed by atoms with E-state index in [9.17, 15) is 9.59 Å².